The van der Waals surface area contributed by atoms with Crippen LogP contribution in [0.5, 0.6) is 5.75 Å². The quantitative estimate of drug-likeness (QED) is 0.807. The van der Waals surface area contributed by atoms with Gasteiger partial charge in [-0.2, -0.15) is 5.10 Å². The minimum Gasteiger partial charge on any atom is -0.495 e. The van der Waals surface area contributed by atoms with Gasteiger partial charge in [0, 0.05) is 10.6 Å². The van der Waals surface area contributed by atoms with E-state index >= 15 is 0 Å². The minimum absolute atomic E-state index is 0.338. The van der Waals surface area contributed by atoms with E-state index in [9.17, 15) is 9.18 Å². The number of halogens is 2. The normalized spacial score (nSPS) is 10.7. The van der Waals surface area contributed by atoms with E-state index in [-0.39, 0.29) is 5.82 Å². The summed E-state index contributed by atoms with van der Waals surface area (Å²) < 4.78 is 19.7. The summed E-state index contributed by atoms with van der Waals surface area (Å²) >= 11 is 6.01. The molecule has 0 unspecified atom stereocenters. The molecule has 0 saturated carbocycles. The molecule has 3 rings (SSSR count). The summed E-state index contributed by atoms with van der Waals surface area (Å²) in [6.07, 6.45) is 0. The van der Waals surface area contributed by atoms with Crippen molar-refractivity contribution in [3.8, 4) is 22.8 Å². The van der Waals surface area contributed by atoms with Crippen LogP contribution in [0.15, 0.2) is 47.3 Å². The topological polar surface area (TPSA) is 59.9 Å². The first kappa shape index (κ1) is 14.3. The molecule has 0 aliphatic heterocycles. The maximum absolute atomic E-state index is 13.1. The zero-order chi connectivity index (χ0) is 15.7. The number of H-pyrrole nitrogens is 1. The number of nitrogens with one attached hydrogen (secondary N) is 1. The summed E-state index contributed by atoms with van der Waals surface area (Å²) in [5, 5.41) is 6.84. The van der Waals surface area contributed by atoms with Crippen molar-refractivity contribution < 1.29 is 9.13 Å². The van der Waals surface area contributed by atoms with Crippen LogP contribution in [0.4, 0.5) is 4.39 Å². The van der Waals surface area contributed by atoms with Crippen LogP contribution in [0.1, 0.15) is 0 Å². The largest absolute Gasteiger partial charge is 0.495 e. The summed E-state index contributed by atoms with van der Waals surface area (Å²) in [5.41, 5.74) is 0.592. The third kappa shape index (κ3) is 2.48. The first-order valence-corrected chi connectivity index (χ1v) is 6.75. The maximum atomic E-state index is 13.1. The molecule has 0 radical (unpaired) electrons. The maximum Gasteiger partial charge on any atom is 0.348 e. The van der Waals surface area contributed by atoms with Gasteiger partial charge in [0.25, 0.3) is 0 Å². The lowest BCUT2D eigenvalue weighted by atomic mass is 10.2. The Kier molecular flexibility index (Phi) is 3.68. The smallest absolute Gasteiger partial charge is 0.348 e. The monoisotopic (exact) mass is 319 g/mol. The van der Waals surface area contributed by atoms with E-state index in [2.05, 4.69) is 10.2 Å². The van der Waals surface area contributed by atoms with E-state index < -0.39 is 5.69 Å². The van der Waals surface area contributed by atoms with Gasteiger partial charge >= 0.3 is 5.69 Å². The first-order chi connectivity index (χ1) is 10.6. The number of rotatable bonds is 3. The van der Waals surface area contributed by atoms with Crippen LogP contribution in [-0.4, -0.2) is 21.9 Å². The fraction of sp³-hybridized carbons (Fsp3) is 0.0667. The third-order valence-electron chi connectivity index (χ3n) is 3.16. The molecule has 5 nitrogen and oxygen atoms in total. The standard InChI is InChI=1S/C15H11ClFN3O2/c1-22-13-7-4-10(16)8-12(13)20-14(18-19-15(20)21)9-2-5-11(17)6-3-9/h2-8H,1H3,(H,19,21). The molecule has 2 aromatic carbocycles. The fourth-order valence-electron chi connectivity index (χ4n) is 2.15. The molecule has 0 aliphatic carbocycles. The van der Waals surface area contributed by atoms with Crippen molar-refractivity contribution in [3.63, 3.8) is 0 Å². The summed E-state index contributed by atoms with van der Waals surface area (Å²) in [7, 11) is 1.50. The predicted octanol–water partition coefficient (Wildman–Crippen LogP) is 3.03. The van der Waals surface area contributed by atoms with Crippen molar-refractivity contribution in [2.45, 2.75) is 0 Å². The van der Waals surface area contributed by atoms with Crippen LogP contribution in [0.25, 0.3) is 17.1 Å². The van der Waals surface area contributed by atoms with Crippen LogP contribution in [0, 0.1) is 5.82 Å². The molecule has 1 aromatic heterocycles. The van der Waals surface area contributed by atoms with Gasteiger partial charge in [-0.1, -0.05) is 11.6 Å². The van der Waals surface area contributed by atoms with E-state index in [4.69, 9.17) is 16.3 Å². The highest BCUT2D eigenvalue weighted by molar-refractivity contribution is 6.30. The van der Waals surface area contributed by atoms with Crippen LogP contribution >= 0.6 is 11.6 Å². The molecule has 0 amide bonds. The molecule has 22 heavy (non-hydrogen) atoms. The van der Waals surface area contributed by atoms with Crippen molar-refractivity contribution in [3.05, 3.63) is 63.8 Å². The van der Waals surface area contributed by atoms with E-state index in [0.717, 1.165) is 0 Å². The number of hydrogen-bond donors (Lipinski definition) is 1. The van der Waals surface area contributed by atoms with Crippen molar-refractivity contribution in [1.29, 1.82) is 0 Å². The number of hydrogen-bond acceptors (Lipinski definition) is 3. The second kappa shape index (κ2) is 5.65. The molecule has 0 fully saturated rings. The lowest BCUT2D eigenvalue weighted by Crippen LogP contribution is -2.16. The molecule has 3 aromatic rings. The number of methoxy groups -OCH3 is 1. The van der Waals surface area contributed by atoms with Crippen LogP contribution in [-0.2, 0) is 0 Å². The SMILES string of the molecule is COc1ccc(Cl)cc1-n1c(-c2ccc(F)cc2)n[nH]c1=O. The zero-order valence-corrected chi connectivity index (χ0v) is 12.3. The Balaban J connectivity index is 2.24. The molecular formula is C15H11ClFN3O2. The average Bonchev–Trinajstić information content (AvgIpc) is 2.89. The first-order valence-electron chi connectivity index (χ1n) is 6.37. The van der Waals surface area contributed by atoms with Crippen molar-refractivity contribution >= 4 is 11.6 Å². The van der Waals surface area contributed by atoms with E-state index in [1.165, 1.54) is 23.8 Å². The Labute approximate surface area is 129 Å². The van der Waals surface area contributed by atoms with Gasteiger partial charge in [0.15, 0.2) is 5.82 Å². The Morgan fingerprint density at radius 3 is 2.64 bits per heavy atom. The number of benzene rings is 2. The van der Waals surface area contributed by atoms with Gasteiger partial charge in [-0.25, -0.2) is 18.9 Å². The van der Waals surface area contributed by atoms with Crippen LogP contribution in [0.2, 0.25) is 5.02 Å². The molecule has 1 heterocycles. The molecule has 112 valence electrons. The molecule has 0 atom stereocenters. The molecule has 0 aliphatic rings. The lowest BCUT2D eigenvalue weighted by Gasteiger charge is -2.11. The highest BCUT2D eigenvalue weighted by atomic mass is 35.5. The second-order valence-electron chi connectivity index (χ2n) is 4.51. The van der Waals surface area contributed by atoms with E-state index in [0.29, 0.717) is 27.8 Å². The van der Waals surface area contributed by atoms with Gasteiger partial charge in [0.05, 0.1) is 12.8 Å². The molecule has 0 bridgehead atoms. The second-order valence-corrected chi connectivity index (χ2v) is 4.95. The average molecular weight is 320 g/mol. The van der Waals surface area contributed by atoms with Crippen LogP contribution < -0.4 is 10.4 Å². The van der Waals surface area contributed by atoms with Gasteiger partial charge in [-0.15, -0.1) is 0 Å². The highest BCUT2D eigenvalue weighted by Gasteiger charge is 2.16. The predicted molar refractivity (Wildman–Crippen MR) is 81.1 cm³/mol. The van der Waals surface area contributed by atoms with Gasteiger partial charge in [-0.05, 0) is 42.5 Å². The molecular weight excluding hydrogens is 309 g/mol. The summed E-state index contributed by atoms with van der Waals surface area (Å²) in [5.74, 6) is 0.440. The minimum atomic E-state index is -0.445. The Bertz CT molecular complexity index is 871. The van der Waals surface area contributed by atoms with Gasteiger partial charge in [0.1, 0.15) is 11.6 Å². The molecule has 0 spiro atoms. The molecule has 1 N–H and O–H groups in total. The summed E-state index contributed by atoms with van der Waals surface area (Å²) in [6, 6.07) is 10.6. The zero-order valence-electron chi connectivity index (χ0n) is 11.5. The Hall–Kier alpha value is -2.60. The van der Waals surface area contributed by atoms with Gasteiger partial charge < -0.3 is 4.74 Å². The molecule has 0 saturated heterocycles. The number of aromatic amines is 1. The summed E-state index contributed by atoms with van der Waals surface area (Å²) in [4.78, 5) is 12.1. The van der Waals surface area contributed by atoms with Gasteiger partial charge in [-0.3, -0.25) is 0 Å². The Morgan fingerprint density at radius 2 is 1.95 bits per heavy atom. The fourth-order valence-corrected chi connectivity index (χ4v) is 2.32. The lowest BCUT2D eigenvalue weighted by molar-refractivity contribution is 0.412. The number of nitrogens with zero attached hydrogens (tertiary/aromatic N) is 2. The number of ether oxygens (including phenoxy) is 1. The van der Waals surface area contributed by atoms with E-state index in [1.54, 1.807) is 30.3 Å². The Morgan fingerprint density at radius 1 is 1.23 bits per heavy atom. The third-order valence-corrected chi connectivity index (χ3v) is 3.39. The number of aromatic nitrogens is 3. The highest BCUT2D eigenvalue weighted by Crippen LogP contribution is 2.28. The summed E-state index contributed by atoms with van der Waals surface area (Å²) in [6.45, 7) is 0. The van der Waals surface area contributed by atoms with Crippen LogP contribution in [0.3, 0.4) is 0 Å². The van der Waals surface area contributed by atoms with E-state index in [1.807, 2.05) is 0 Å². The molecule has 7 heteroatoms. The van der Waals surface area contributed by atoms with Crippen molar-refractivity contribution in [1.82, 2.24) is 14.8 Å². The van der Waals surface area contributed by atoms with Crippen molar-refractivity contribution in [2.75, 3.05) is 7.11 Å². The van der Waals surface area contributed by atoms with Gasteiger partial charge in [0.2, 0.25) is 0 Å². The van der Waals surface area contributed by atoms with Crippen molar-refractivity contribution in [2.24, 2.45) is 0 Å².